The van der Waals surface area contributed by atoms with Gasteiger partial charge in [0.25, 0.3) is 0 Å². The minimum Gasteiger partial charge on any atom is -0.459 e. The molecule has 0 fully saturated rings. The van der Waals surface area contributed by atoms with Gasteiger partial charge >= 0.3 is 11.9 Å². The first-order valence-corrected chi connectivity index (χ1v) is 7.15. The molecule has 0 aliphatic heterocycles. The fraction of sp³-hybridized carbons (Fsp3) is 0.833. The van der Waals surface area contributed by atoms with Gasteiger partial charge in [0.05, 0.1) is 0 Å². The van der Waals surface area contributed by atoms with Crippen molar-refractivity contribution < 1.29 is 19.1 Å². The maximum atomic E-state index is 11.5. The number of hydrogen-bond donors (Lipinski definition) is 1. The zero-order valence-corrected chi connectivity index (χ0v) is 12.5. The van der Waals surface area contributed by atoms with Crippen LogP contribution in [-0.4, -0.2) is 35.3 Å². The number of hydrogen-bond acceptors (Lipinski definition) is 6. The van der Waals surface area contributed by atoms with Crippen molar-refractivity contribution in [1.29, 1.82) is 0 Å². The molecule has 0 saturated heterocycles. The Morgan fingerprint density at radius 1 is 1.33 bits per heavy atom. The summed E-state index contributed by atoms with van der Waals surface area (Å²) < 4.78 is 10.2. The van der Waals surface area contributed by atoms with Crippen LogP contribution in [0.15, 0.2) is 0 Å². The Morgan fingerprint density at radius 2 is 1.89 bits per heavy atom. The van der Waals surface area contributed by atoms with Crippen LogP contribution >= 0.6 is 11.8 Å². The van der Waals surface area contributed by atoms with E-state index in [1.54, 1.807) is 27.7 Å². The van der Waals surface area contributed by atoms with E-state index in [0.717, 1.165) is 0 Å². The van der Waals surface area contributed by atoms with Crippen LogP contribution in [0.2, 0.25) is 0 Å². The molecule has 0 rings (SSSR count). The normalized spacial score (nSPS) is 14.8. The first-order chi connectivity index (χ1) is 8.15. The molecule has 106 valence electrons. The molecule has 0 radical (unpaired) electrons. The lowest BCUT2D eigenvalue weighted by Crippen LogP contribution is -2.37. The van der Waals surface area contributed by atoms with E-state index in [2.05, 4.69) is 0 Å². The van der Waals surface area contributed by atoms with Crippen molar-refractivity contribution in [1.82, 2.24) is 0 Å². The Bertz CT molecular complexity index is 288. The molecular formula is C12H23NO4S. The molecule has 2 atom stereocenters. The smallest absolute Gasteiger partial charge is 0.323 e. The summed E-state index contributed by atoms with van der Waals surface area (Å²) >= 11 is 1.44. The van der Waals surface area contributed by atoms with Gasteiger partial charge in [-0.2, -0.15) is 0 Å². The van der Waals surface area contributed by atoms with Crippen LogP contribution in [-0.2, 0) is 19.1 Å². The first-order valence-electron chi connectivity index (χ1n) is 5.86. The number of rotatable bonds is 6. The summed E-state index contributed by atoms with van der Waals surface area (Å²) in [6.07, 6.45) is 2.20. The summed E-state index contributed by atoms with van der Waals surface area (Å²) in [6.45, 7) is 7.10. The number of esters is 2. The lowest BCUT2D eigenvalue weighted by Gasteiger charge is -2.22. The second-order valence-corrected chi connectivity index (χ2v) is 6.11. The van der Waals surface area contributed by atoms with Gasteiger partial charge in [-0.1, -0.05) is 0 Å². The minimum atomic E-state index is -0.790. The average molecular weight is 277 g/mol. The third-order valence-corrected chi connectivity index (χ3v) is 2.76. The second kappa shape index (κ2) is 7.63. The Balaban J connectivity index is 3.99. The molecule has 0 heterocycles. The van der Waals surface area contributed by atoms with Crippen LogP contribution < -0.4 is 5.73 Å². The van der Waals surface area contributed by atoms with Gasteiger partial charge in [0.2, 0.25) is 0 Å². The summed E-state index contributed by atoms with van der Waals surface area (Å²) in [5.41, 5.74) is 4.90. The van der Waals surface area contributed by atoms with E-state index in [-0.39, 0.29) is 24.2 Å². The molecule has 0 aromatic rings. The van der Waals surface area contributed by atoms with E-state index in [1.807, 2.05) is 6.26 Å². The highest BCUT2D eigenvalue weighted by molar-refractivity contribution is 7.99. The van der Waals surface area contributed by atoms with Crippen LogP contribution in [0, 0.1) is 0 Å². The largest absolute Gasteiger partial charge is 0.459 e. The van der Waals surface area contributed by atoms with Gasteiger partial charge in [0.1, 0.15) is 17.1 Å². The molecule has 0 aromatic carbocycles. The van der Waals surface area contributed by atoms with Crippen LogP contribution in [0.25, 0.3) is 0 Å². The van der Waals surface area contributed by atoms with E-state index in [1.165, 1.54) is 11.8 Å². The highest BCUT2D eigenvalue weighted by Gasteiger charge is 2.23. The van der Waals surface area contributed by atoms with Gasteiger partial charge in [-0.05, 0) is 40.4 Å². The highest BCUT2D eigenvalue weighted by atomic mass is 32.2. The number of nitrogens with two attached hydrogens (primary N) is 1. The maximum Gasteiger partial charge on any atom is 0.323 e. The van der Waals surface area contributed by atoms with Crippen molar-refractivity contribution >= 4 is 23.7 Å². The van der Waals surface area contributed by atoms with Gasteiger partial charge in [0.15, 0.2) is 0 Å². The number of carbonyl (C=O) groups is 2. The van der Waals surface area contributed by atoms with E-state index < -0.39 is 17.6 Å². The molecule has 0 aliphatic carbocycles. The quantitative estimate of drug-likeness (QED) is 0.588. The fourth-order valence-corrected chi connectivity index (χ4v) is 1.26. The molecule has 0 aromatic heterocycles. The van der Waals surface area contributed by atoms with Crippen LogP contribution in [0.3, 0.4) is 0 Å². The zero-order valence-electron chi connectivity index (χ0n) is 11.7. The van der Waals surface area contributed by atoms with Crippen LogP contribution in [0.4, 0.5) is 0 Å². The minimum absolute atomic E-state index is 0.116. The molecule has 0 bridgehead atoms. The van der Waals surface area contributed by atoms with E-state index in [0.29, 0.717) is 0 Å². The third-order valence-electron chi connectivity index (χ3n) is 2.00. The van der Waals surface area contributed by atoms with Crippen molar-refractivity contribution in [3.63, 3.8) is 0 Å². The number of carbonyl (C=O) groups excluding carboxylic acids is 2. The lowest BCUT2D eigenvalue weighted by atomic mass is 10.1. The standard InChI is InChI=1S/C12H23NO4S/c1-8(18-5)16-10(14)7-6-9(13)11(15)17-12(2,3)4/h8-9H,6-7,13H2,1-5H3. The maximum absolute atomic E-state index is 11.5. The Hall–Kier alpha value is -0.750. The molecule has 0 aliphatic rings. The summed E-state index contributed by atoms with van der Waals surface area (Å²) in [7, 11) is 0. The molecule has 2 N–H and O–H groups in total. The third kappa shape index (κ3) is 8.36. The van der Waals surface area contributed by atoms with Crippen molar-refractivity contribution in [2.24, 2.45) is 5.73 Å². The number of thioether (sulfide) groups is 1. The highest BCUT2D eigenvalue weighted by Crippen LogP contribution is 2.11. The Labute approximate surface area is 113 Å². The average Bonchev–Trinajstić information content (AvgIpc) is 2.23. The molecule has 0 amide bonds. The molecular weight excluding hydrogens is 254 g/mol. The molecule has 0 saturated carbocycles. The summed E-state index contributed by atoms with van der Waals surface area (Å²) in [5, 5.41) is 0. The molecule has 0 spiro atoms. The second-order valence-electron chi connectivity index (χ2n) is 4.97. The Kier molecular flexibility index (Phi) is 7.32. The summed E-state index contributed by atoms with van der Waals surface area (Å²) in [6, 6.07) is -0.790. The molecule has 2 unspecified atom stereocenters. The SMILES string of the molecule is CSC(C)OC(=O)CCC(N)C(=O)OC(C)(C)C. The predicted molar refractivity (Wildman–Crippen MR) is 72.1 cm³/mol. The van der Waals surface area contributed by atoms with Crippen LogP contribution in [0.1, 0.15) is 40.5 Å². The van der Waals surface area contributed by atoms with Crippen molar-refractivity contribution in [2.75, 3.05) is 6.26 Å². The number of ether oxygens (including phenoxy) is 2. The van der Waals surface area contributed by atoms with Crippen molar-refractivity contribution in [3.8, 4) is 0 Å². The van der Waals surface area contributed by atoms with Gasteiger partial charge in [0, 0.05) is 6.42 Å². The Morgan fingerprint density at radius 3 is 2.33 bits per heavy atom. The monoisotopic (exact) mass is 277 g/mol. The topological polar surface area (TPSA) is 78.6 Å². The van der Waals surface area contributed by atoms with E-state index in [9.17, 15) is 9.59 Å². The van der Waals surface area contributed by atoms with Gasteiger partial charge in [-0.3, -0.25) is 9.59 Å². The first kappa shape index (κ1) is 17.2. The van der Waals surface area contributed by atoms with Crippen molar-refractivity contribution in [3.05, 3.63) is 0 Å². The summed E-state index contributed by atoms with van der Waals surface area (Å²) in [4.78, 5) is 22.9. The molecule has 6 heteroatoms. The van der Waals surface area contributed by atoms with Gasteiger partial charge in [-0.25, -0.2) is 0 Å². The summed E-state index contributed by atoms with van der Waals surface area (Å²) in [5.74, 6) is -0.843. The van der Waals surface area contributed by atoms with Gasteiger partial charge < -0.3 is 15.2 Å². The van der Waals surface area contributed by atoms with Gasteiger partial charge in [-0.15, -0.1) is 11.8 Å². The van der Waals surface area contributed by atoms with E-state index >= 15 is 0 Å². The zero-order chi connectivity index (χ0) is 14.3. The van der Waals surface area contributed by atoms with E-state index in [4.69, 9.17) is 15.2 Å². The van der Waals surface area contributed by atoms with Crippen molar-refractivity contribution in [2.45, 2.75) is 57.6 Å². The van der Waals surface area contributed by atoms with Crippen LogP contribution in [0.5, 0.6) is 0 Å². The molecule has 5 nitrogen and oxygen atoms in total. The predicted octanol–water partition coefficient (Wildman–Crippen LogP) is 1.69. The lowest BCUT2D eigenvalue weighted by molar-refractivity contribution is -0.156. The fourth-order valence-electron chi connectivity index (χ4n) is 1.06. The molecule has 18 heavy (non-hydrogen) atoms.